The summed E-state index contributed by atoms with van der Waals surface area (Å²) in [7, 11) is 1.86. The van der Waals surface area contributed by atoms with Crippen LogP contribution in [0, 0.1) is 0 Å². The second-order valence-corrected chi connectivity index (χ2v) is 7.78. The zero-order chi connectivity index (χ0) is 18.4. The molecule has 0 aromatic carbocycles. The Morgan fingerprint density at radius 2 is 1.89 bits per heavy atom. The van der Waals surface area contributed by atoms with Crippen LogP contribution in [0.4, 0.5) is 0 Å². The van der Waals surface area contributed by atoms with Gasteiger partial charge in [0.25, 0.3) is 0 Å². The summed E-state index contributed by atoms with van der Waals surface area (Å²) in [6.07, 6.45) is 6.67. The normalized spacial score (nSPS) is 21.3. The van der Waals surface area contributed by atoms with Gasteiger partial charge >= 0.3 is 0 Å². The zero-order valence-electron chi connectivity index (χ0n) is 17.0. The molecular formula is C20H36IN5O. The quantitative estimate of drug-likeness (QED) is 0.366. The van der Waals surface area contributed by atoms with Crippen LogP contribution in [0.5, 0.6) is 0 Å². The van der Waals surface area contributed by atoms with Crippen LogP contribution in [0.15, 0.2) is 27.8 Å². The summed E-state index contributed by atoms with van der Waals surface area (Å²) in [5.41, 5.74) is 0. The molecule has 0 spiro atoms. The lowest BCUT2D eigenvalue weighted by Crippen LogP contribution is -2.50. The van der Waals surface area contributed by atoms with Crippen LogP contribution in [0.2, 0.25) is 0 Å². The molecular weight excluding hydrogens is 453 g/mol. The number of hydrogen-bond acceptors (Lipinski definition) is 4. The molecule has 0 bridgehead atoms. The Labute approximate surface area is 181 Å². The number of rotatable bonds is 6. The maximum Gasteiger partial charge on any atom is 0.191 e. The fourth-order valence-electron chi connectivity index (χ4n) is 4.09. The van der Waals surface area contributed by atoms with Gasteiger partial charge < -0.3 is 20.0 Å². The van der Waals surface area contributed by atoms with Crippen molar-refractivity contribution in [3.05, 3.63) is 24.2 Å². The highest BCUT2D eigenvalue weighted by atomic mass is 127. The standard InChI is InChI=1S/C20H35N5O.HI/c1-16(2)24-12-8-17(9-13-24)23-20(21-3)22-15-18(19-7-6-14-26-19)25-10-4-5-11-25;/h6-7,14,16-18H,4-5,8-13,15H2,1-3H3,(H2,21,22,23);1H. The Hall–Kier alpha value is -0.800. The summed E-state index contributed by atoms with van der Waals surface area (Å²) in [6.45, 7) is 9.99. The van der Waals surface area contributed by atoms with Gasteiger partial charge in [-0.2, -0.15) is 0 Å². The first-order valence-corrected chi connectivity index (χ1v) is 10.2. The van der Waals surface area contributed by atoms with E-state index in [9.17, 15) is 0 Å². The first-order chi connectivity index (χ1) is 12.7. The van der Waals surface area contributed by atoms with Crippen molar-refractivity contribution in [2.24, 2.45) is 4.99 Å². The van der Waals surface area contributed by atoms with Gasteiger partial charge in [0.2, 0.25) is 0 Å². The SMILES string of the molecule is CN=C(NCC(c1ccco1)N1CCCC1)NC1CCN(C(C)C)CC1.I. The number of guanidine groups is 1. The van der Waals surface area contributed by atoms with E-state index in [1.165, 1.54) is 25.7 Å². The number of hydrogen-bond donors (Lipinski definition) is 2. The zero-order valence-corrected chi connectivity index (χ0v) is 19.3. The predicted molar refractivity (Wildman–Crippen MR) is 122 cm³/mol. The van der Waals surface area contributed by atoms with E-state index in [1.54, 1.807) is 6.26 Å². The third-order valence-electron chi connectivity index (χ3n) is 5.74. The molecule has 1 aromatic rings. The topological polar surface area (TPSA) is 56.0 Å². The van der Waals surface area contributed by atoms with Crippen LogP contribution >= 0.6 is 24.0 Å². The van der Waals surface area contributed by atoms with Gasteiger partial charge in [-0.3, -0.25) is 9.89 Å². The number of likely N-dealkylation sites (tertiary alicyclic amines) is 2. The van der Waals surface area contributed by atoms with Crippen LogP contribution < -0.4 is 10.6 Å². The highest BCUT2D eigenvalue weighted by molar-refractivity contribution is 14.0. The van der Waals surface area contributed by atoms with Crippen LogP contribution in [-0.2, 0) is 0 Å². The molecule has 3 heterocycles. The Morgan fingerprint density at radius 3 is 2.44 bits per heavy atom. The minimum absolute atomic E-state index is 0. The molecule has 0 radical (unpaired) electrons. The number of nitrogens with one attached hydrogen (secondary N) is 2. The lowest BCUT2D eigenvalue weighted by Gasteiger charge is -2.35. The number of piperidine rings is 1. The van der Waals surface area contributed by atoms with Crippen molar-refractivity contribution in [1.82, 2.24) is 20.4 Å². The first kappa shape index (κ1) is 22.5. The molecule has 2 aliphatic heterocycles. The van der Waals surface area contributed by atoms with E-state index in [1.807, 2.05) is 13.1 Å². The highest BCUT2D eigenvalue weighted by Gasteiger charge is 2.26. The van der Waals surface area contributed by atoms with E-state index in [0.717, 1.165) is 44.4 Å². The fourth-order valence-corrected chi connectivity index (χ4v) is 4.09. The molecule has 0 saturated carbocycles. The van der Waals surface area contributed by atoms with E-state index < -0.39 is 0 Å². The van der Waals surface area contributed by atoms with E-state index in [2.05, 4.69) is 45.3 Å². The number of nitrogens with zero attached hydrogens (tertiary/aromatic N) is 3. The largest absolute Gasteiger partial charge is 0.468 e. The molecule has 0 amide bonds. The lowest BCUT2D eigenvalue weighted by atomic mass is 10.0. The average Bonchev–Trinajstić information content (AvgIpc) is 3.36. The van der Waals surface area contributed by atoms with Gasteiger partial charge in [0, 0.05) is 38.8 Å². The molecule has 0 aliphatic carbocycles. The van der Waals surface area contributed by atoms with Gasteiger partial charge in [-0.15, -0.1) is 24.0 Å². The predicted octanol–water partition coefficient (Wildman–Crippen LogP) is 3.07. The molecule has 154 valence electrons. The number of halogens is 1. The maximum atomic E-state index is 5.71. The van der Waals surface area contributed by atoms with Gasteiger partial charge in [-0.1, -0.05) is 0 Å². The fraction of sp³-hybridized carbons (Fsp3) is 0.750. The highest BCUT2D eigenvalue weighted by Crippen LogP contribution is 2.24. The van der Waals surface area contributed by atoms with Crippen molar-refractivity contribution < 1.29 is 4.42 Å². The molecule has 27 heavy (non-hydrogen) atoms. The van der Waals surface area contributed by atoms with Crippen LogP contribution in [0.25, 0.3) is 0 Å². The summed E-state index contributed by atoms with van der Waals surface area (Å²) in [5.74, 6) is 1.95. The van der Waals surface area contributed by atoms with Gasteiger partial charge in [0.1, 0.15) is 5.76 Å². The Morgan fingerprint density at radius 1 is 1.19 bits per heavy atom. The van der Waals surface area contributed by atoms with Crippen molar-refractivity contribution in [2.45, 2.75) is 57.7 Å². The van der Waals surface area contributed by atoms with Gasteiger partial charge in [-0.25, -0.2) is 0 Å². The average molecular weight is 489 g/mol. The monoisotopic (exact) mass is 489 g/mol. The van der Waals surface area contributed by atoms with Crippen LogP contribution in [-0.4, -0.2) is 67.6 Å². The van der Waals surface area contributed by atoms with E-state index in [4.69, 9.17) is 4.42 Å². The minimum Gasteiger partial charge on any atom is -0.468 e. The van der Waals surface area contributed by atoms with Crippen molar-refractivity contribution in [2.75, 3.05) is 39.8 Å². The van der Waals surface area contributed by atoms with E-state index >= 15 is 0 Å². The van der Waals surface area contributed by atoms with E-state index in [-0.39, 0.29) is 30.0 Å². The van der Waals surface area contributed by atoms with E-state index in [0.29, 0.717) is 12.1 Å². The molecule has 2 aliphatic rings. The summed E-state index contributed by atoms with van der Waals surface area (Å²) in [6, 6.07) is 5.48. The lowest BCUT2D eigenvalue weighted by molar-refractivity contribution is 0.167. The minimum atomic E-state index is 0. The van der Waals surface area contributed by atoms with Crippen molar-refractivity contribution in [3.63, 3.8) is 0 Å². The van der Waals surface area contributed by atoms with Gasteiger partial charge in [-0.05, 0) is 64.8 Å². The molecule has 2 fully saturated rings. The molecule has 6 nitrogen and oxygen atoms in total. The summed E-state index contributed by atoms with van der Waals surface area (Å²) in [4.78, 5) is 9.51. The smallest absolute Gasteiger partial charge is 0.191 e. The number of aliphatic imine (C=N–C) groups is 1. The molecule has 2 N–H and O–H groups in total. The summed E-state index contributed by atoms with van der Waals surface area (Å²) < 4.78 is 5.71. The van der Waals surface area contributed by atoms with Gasteiger partial charge in [0.05, 0.1) is 12.3 Å². The second-order valence-electron chi connectivity index (χ2n) is 7.78. The maximum absolute atomic E-state index is 5.71. The Bertz CT molecular complexity index is 549. The molecule has 3 rings (SSSR count). The summed E-state index contributed by atoms with van der Waals surface area (Å²) >= 11 is 0. The number of furan rings is 1. The van der Waals surface area contributed by atoms with Gasteiger partial charge in [0.15, 0.2) is 5.96 Å². The molecule has 2 saturated heterocycles. The van der Waals surface area contributed by atoms with Crippen LogP contribution in [0.3, 0.4) is 0 Å². The first-order valence-electron chi connectivity index (χ1n) is 10.2. The Kier molecular flexibility index (Phi) is 9.38. The van der Waals surface area contributed by atoms with Crippen molar-refractivity contribution in [3.8, 4) is 0 Å². The third-order valence-corrected chi connectivity index (χ3v) is 5.74. The molecule has 7 heteroatoms. The second kappa shape index (κ2) is 11.3. The Balaban J connectivity index is 0.00000261. The third kappa shape index (κ3) is 6.35. The molecule has 1 unspecified atom stereocenters. The van der Waals surface area contributed by atoms with Crippen LogP contribution in [0.1, 0.15) is 51.3 Å². The van der Waals surface area contributed by atoms with Crippen molar-refractivity contribution in [1.29, 1.82) is 0 Å². The summed E-state index contributed by atoms with van der Waals surface area (Å²) in [5, 5.41) is 7.16. The molecule has 1 aromatic heterocycles. The van der Waals surface area contributed by atoms with Crippen molar-refractivity contribution >= 4 is 29.9 Å². The molecule has 1 atom stereocenters.